The predicted octanol–water partition coefficient (Wildman–Crippen LogP) is 4.77. The van der Waals surface area contributed by atoms with Gasteiger partial charge in [0, 0.05) is 22.1 Å². The van der Waals surface area contributed by atoms with Gasteiger partial charge in [-0.25, -0.2) is 0 Å². The van der Waals surface area contributed by atoms with E-state index in [4.69, 9.17) is 11.6 Å². The Balaban J connectivity index is 2.50. The van der Waals surface area contributed by atoms with Crippen molar-refractivity contribution in [2.45, 2.75) is 31.0 Å². The Hall–Kier alpha value is -0.730. The van der Waals surface area contributed by atoms with Crippen LogP contribution in [0, 0.1) is 0 Å². The first kappa shape index (κ1) is 14.3. The van der Waals surface area contributed by atoms with Gasteiger partial charge in [-0.1, -0.05) is 18.2 Å². The van der Waals surface area contributed by atoms with Crippen molar-refractivity contribution < 1.29 is 0 Å². The highest BCUT2D eigenvalue weighted by Crippen LogP contribution is 2.17. The Kier molecular flexibility index (Phi) is 6.38. The number of allylic oxidation sites excluding steroid dienone is 2. The second-order valence-corrected chi connectivity index (χ2v) is 5.67. The van der Waals surface area contributed by atoms with Gasteiger partial charge in [0.1, 0.15) is 0 Å². The summed E-state index contributed by atoms with van der Waals surface area (Å²) in [5.41, 5.74) is 2.10. The van der Waals surface area contributed by atoms with Crippen LogP contribution in [0.5, 0.6) is 0 Å². The maximum Gasteiger partial charge on any atom is 0.0508 e. The molecule has 0 spiro atoms. The van der Waals surface area contributed by atoms with Gasteiger partial charge in [-0.05, 0) is 39.0 Å². The fourth-order valence-electron chi connectivity index (χ4n) is 1.41. The molecule has 1 nitrogen and oxygen atoms in total. The summed E-state index contributed by atoms with van der Waals surface area (Å²) in [5, 5.41) is 0.0355. The zero-order valence-corrected chi connectivity index (χ0v) is 12.1. The Morgan fingerprint density at radius 1 is 1.35 bits per heavy atom. The summed E-state index contributed by atoms with van der Waals surface area (Å²) in [4.78, 5) is 5.78. The van der Waals surface area contributed by atoms with Crippen molar-refractivity contribution in [3.05, 3.63) is 42.1 Å². The van der Waals surface area contributed by atoms with E-state index >= 15 is 0 Å². The molecule has 92 valence electrons. The molecule has 0 radical (unpaired) electrons. The smallest absolute Gasteiger partial charge is 0.0508 e. The van der Waals surface area contributed by atoms with Gasteiger partial charge in [0.2, 0.25) is 0 Å². The van der Waals surface area contributed by atoms with Crippen molar-refractivity contribution in [1.29, 1.82) is 0 Å². The monoisotopic (exact) mass is 267 g/mol. The van der Waals surface area contributed by atoms with Gasteiger partial charge < -0.3 is 0 Å². The molecule has 17 heavy (non-hydrogen) atoms. The Morgan fingerprint density at radius 2 is 2.00 bits per heavy atom. The molecule has 0 saturated carbocycles. The van der Waals surface area contributed by atoms with Gasteiger partial charge in [0.15, 0.2) is 0 Å². The fraction of sp³-hybridized carbons (Fsp3) is 0.357. The van der Waals surface area contributed by atoms with Crippen LogP contribution in [-0.2, 0) is 0 Å². The minimum absolute atomic E-state index is 0.0355. The van der Waals surface area contributed by atoms with Crippen molar-refractivity contribution in [2.75, 3.05) is 5.75 Å². The SMILES string of the molecule is CC(CSc1ccccc1)=N/C(C)=C\C(C)Cl. The first-order valence-electron chi connectivity index (χ1n) is 5.62. The first-order chi connectivity index (χ1) is 8.08. The summed E-state index contributed by atoms with van der Waals surface area (Å²) in [6, 6.07) is 10.4. The van der Waals surface area contributed by atoms with Crippen LogP contribution in [0.3, 0.4) is 0 Å². The standard InChI is InChI=1S/C14H18ClNS/c1-11(15)9-12(2)16-13(3)10-17-14-7-5-4-6-8-14/h4-9,11H,10H2,1-3H3/b12-9-,16-13?. The zero-order chi connectivity index (χ0) is 12.7. The van der Waals surface area contributed by atoms with E-state index in [9.17, 15) is 0 Å². The predicted molar refractivity (Wildman–Crippen MR) is 79.3 cm³/mol. The van der Waals surface area contributed by atoms with Crippen molar-refractivity contribution in [3.63, 3.8) is 0 Å². The number of aliphatic imine (C=N–C) groups is 1. The number of nitrogens with zero attached hydrogens (tertiary/aromatic N) is 1. The lowest BCUT2D eigenvalue weighted by Crippen LogP contribution is -1.96. The van der Waals surface area contributed by atoms with E-state index in [0.29, 0.717) is 0 Å². The number of benzene rings is 1. The number of rotatable bonds is 5. The molecular weight excluding hydrogens is 250 g/mol. The van der Waals surface area contributed by atoms with E-state index in [1.807, 2.05) is 32.9 Å². The second-order valence-electron chi connectivity index (χ2n) is 3.93. The normalized spacial score (nSPS) is 14.8. The lowest BCUT2D eigenvalue weighted by Gasteiger charge is -2.02. The van der Waals surface area contributed by atoms with Crippen LogP contribution in [0.25, 0.3) is 0 Å². The summed E-state index contributed by atoms with van der Waals surface area (Å²) in [6.45, 7) is 5.97. The number of hydrogen-bond donors (Lipinski definition) is 0. The van der Waals surface area contributed by atoms with Gasteiger partial charge in [-0.2, -0.15) is 0 Å². The van der Waals surface area contributed by atoms with E-state index in [-0.39, 0.29) is 5.38 Å². The van der Waals surface area contributed by atoms with Crippen LogP contribution in [0.2, 0.25) is 0 Å². The van der Waals surface area contributed by atoms with E-state index in [2.05, 4.69) is 29.3 Å². The lowest BCUT2D eigenvalue weighted by atomic mass is 10.3. The van der Waals surface area contributed by atoms with Crippen LogP contribution in [0.4, 0.5) is 0 Å². The lowest BCUT2D eigenvalue weighted by molar-refractivity contribution is 1.16. The molecular formula is C14H18ClNS. The quantitative estimate of drug-likeness (QED) is 0.425. The van der Waals surface area contributed by atoms with E-state index in [1.54, 1.807) is 11.8 Å². The molecule has 0 aliphatic heterocycles. The molecule has 1 aromatic carbocycles. The van der Waals surface area contributed by atoms with Gasteiger partial charge in [0.05, 0.1) is 5.38 Å². The number of hydrogen-bond acceptors (Lipinski definition) is 2. The zero-order valence-electron chi connectivity index (χ0n) is 10.5. The van der Waals surface area contributed by atoms with Gasteiger partial charge in [-0.15, -0.1) is 23.4 Å². The van der Waals surface area contributed by atoms with E-state index < -0.39 is 0 Å². The molecule has 0 aliphatic carbocycles. The Bertz CT molecular complexity index is 396. The maximum atomic E-state index is 5.88. The third kappa shape index (κ3) is 6.54. The Morgan fingerprint density at radius 3 is 2.59 bits per heavy atom. The van der Waals surface area contributed by atoms with Crippen LogP contribution in [0.1, 0.15) is 20.8 Å². The van der Waals surface area contributed by atoms with Crippen LogP contribution in [-0.4, -0.2) is 16.8 Å². The number of halogens is 1. The fourth-order valence-corrected chi connectivity index (χ4v) is 2.38. The van der Waals surface area contributed by atoms with Crippen LogP contribution in [0.15, 0.2) is 52.0 Å². The molecule has 0 heterocycles. The average Bonchev–Trinajstić information content (AvgIpc) is 2.26. The van der Waals surface area contributed by atoms with Crippen LogP contribution >= 0.6 is 23.4 Å². The molecule has 0 fully saturated rings. The van der Waals surface area contributed by atoms with Crippen molar-refractivity contribution in [1.82, 2.24) is 0 Å². The van der Waals surface area contributed by atoms with E-state index in [0.717, 1.165) is 17.2 Å². The van der Waals surface area contributed by atoms with E-state index in [1.165, 1.54) is 4.90 Å². The number of thioether (sulfide) groups is 1. The highest BCUT2D eigenvalue weighted by Gasteiger charge is 1.97. The topological polar surface area (TPSA) is 12.4 Å². The molecule has 0 aromatic heterocycles. The third-order valence-corrected chi connectivity index (χ3v) is 3.32. The Labute approximate surface area is 113 Å². The second kappa shape index (κ2) is 7.57. The van der Waals surface area contributed by atoms with Crippen molar-refractivity contribution in [3.8, 4) is 0 Å². The summed E-state index contributed by atoms with van der Waals surface area (Å²) in [6.07, 6.45) is 1.96. The minimum atomic E-state index is 0.0355. The molecule has 0 amide bonds. The number of alkyl halides is 1. The van der Waals surface area contributed by atoms with Crippen molar-refractivity contribution in [2.24, 2.45) is 4.99 Å². The molecule has 1 atom stereocenters. The summed E-state index contributed by atoms with van der Waals surface area (Å²) >= 11 is 7.68. The average molecular weight is 268 g/mol. The van der Waals surface area contributed by atoms with Gasteiger partial charge >= 0.3 is 0 Å². The molecule has 1 unspecified atom stereocenters. The highest BCUT2D eigenvalue weighted by atomic mass is 35.5. The van der Waals surface area contributed by atoms with Crippen molar-refractivity contribution >= 4 is 29.1 Å². The molecule has 1 rings (SSSR count). The molecule has 0 N–H and O–H groups in total. The highest BCUT2D eigenvalue weighted by molar-refractivity contribution is 8.00. The largest absolute Gasteiger partial charge is 0.262 e. The molecule has 0 bridgehead atoms. The maximum absolute atomic E-state index is 5.88. The molecule has 1 aromatic rings. The van der Waals surface area contributed by atoms with Gasteiger partial charge in [0.25, 0.3) is 0 Å². The minimum Gasteiger partial charge on any atom is -0.262 e. The van der Waals surface area contributed by atoms with Crippen LogP contribution < -0.4 is 0 Å². The van der Waals surface area contributed by atoms with Gasteiger partial charge in [-0.3, -0.25) is 4.99 Å². The first-order valence-corrected chi connectivity index (χ1v) is 7.04. The summed E-state index contributed by atoms with van der Waals surface area (Å²) in [5.74, 6) is 0.909. The summed E-state index contributed by atoms with van der Waals surface area (Å²) < 4.78 is 0. The molecule has 0 saturated heterocycles. The molecule has 3 heteroatoms. The molecule has 0 aliphatic rings. The third-order valence-electron chi connectivity index (χ3n) is 2.03. The summed E-state index contributed by atoms with van der Waals surface area (Å²) in [7, 11) is 0.